The summed E-state index contributed by atoms with van der Waals surface area (Å²) in [5.74, 6) is 1.73. The van der Waals surface area contributed by atoms with Gasteiger partial charge in [0.1, 0.15) is 0 Å². The lowest BCUT2D eigenvalue weighted by molar-refractivity contribution is 0.0832. The third-order valence-corrected chi connectivity index (χ3v) is 5.15. The van der Waals surface area contributed by atoms with Crippen LogP contribution in [0.3, 0.4) is 0 Å². The number of piperazine rings is 1. The van der Waals surface area contributed by atoms with Gasteiger partial charge in [0.15, 0.2) is 0 Å². The summed E-state index contributed by atoms with van der Waals surface area (Å²) in [5, 5.41) is 3.80. The van der Waals surface area contributed by atoms with Gasteiger partial charge >= 0.3 is 0 Å². The minimum Gasteiger partial charge on any atom is -0.311 e. The third kappa shape index (κ3) is 3.87. The van der Waals surface area contributed by atoms with Crippen molar-refractivity contribution in [1.82, 2.24) is 10.2 Å². The van der Waals surface area contributed by atoms with Crippen molar-refractivity contribution in [2.45, 2.75) is 51.6 Å². The summed E-state index contributed by atoms with van der Waals surface area (Å²) in [6, 6.07) is 12.3. The largest absolute Gasteiger partial charge is 0.311 e. The zero-order valence-corrected chi connectivity index (χ0v) is 13.6. The Bertz CT molecular complexity index is 424. The molecule has 2 aliphatic rings. The number of rotatable bonds is 5. The van der Waals surface area contributed by atoms with Gasteiger partial charge < -0.3 is 5.32 Å². The molecule has 1 aliphatic heterocycles. The molecule has 1 heterocycles. The van der Waals surface area contributed by atoms with Crippen LogP contribution in [0.25, 0.3) is 0 Å². The summed E-state index contributed by atoms with van der Waals surface area (Å²) in [6.45, 7) is 8.29. The summed E-state index contributed by atoms with van der Waals surface area (Å²) < 4.78 is 0. The van der Waals surface area contributed by atoms with Crippen LogP contribution >= 0.6 is 0 Å². The summed E-state index contributed by atoms with van der Waals surface area (Å²) in [5.41, 5.74) is 1.48. The molecule has 1 saturated heterocycles. The molecule has 21 heavy (non-hydrogen) atoms. The molecule has 0 radical (unpaired) electrons. The maximum Gasteiger partial charge on any atom is 0.0473 e. The van der Waals surface area contributed by atoms with Gasteiger partial charge in [-0.2, -0.15) is 0 Å². The fraction of sp³-hybridized carbons (Fsp3) is 0.684. The van der Waals surface area contributed by atoms with Crippen LogP contribution < -0.4 is 5.32 Å². The second-order valence-corrected chi connectivity index (χ2v) is 7.41. The predicted octanol–water partition coefficient (Wildman–Crippen LogP) is 3.85. The third-order valence-electron chi connectivity index (χ3n) is 5.15. The van der Waals surface area contributed by atoms with Gasteiger partial charge in [-0.1, -0.05) is 50.6 Å². The highest BCUT2D eigenvalue weighted by molar-refractivity contribution is 5.20. The van der Waals surface area contributed by atoms with Crippen LogP contribution in [-0.4, -0.2) is 30.6 Å². The Kier molecular flexibility index (Phi) is 4.97. The smallest absolute Gasteiger partial charge is 0.0473 e. The van der Waals surface area contributed by atoms with Gasteiger partial charge in [-0.15, -0.1) is 0 Å². The zero-order valence-electron chi connectivity index (χ0n) is 13.6. The molecule has 1 N–H and O–H groups in total. The van der Waals surface area contributed by atoms with E-state index in [1.54, 1.807) is 0 Å². The molecule has 0 bridgehead atoms. The Labute approximate surface area is 129 Å². The lowest BCUT2D eigenvalue weighted by Gasteiger charge is -2.44. The normalized spacial score (nSPS) is 27.8. The summed E-state index contributed by atoms with van der Waals surface area (Å²) in [4.78, 5) is 2.77. The quantitative estimate of drug-likeness (QED) is 0.884. The van der Waals surface area contributed by atoms with Gasteiger partial charge in [-0.3, -0.25) is 4.90 Å². The van der Waals surface area contributed by atoms with Crippen molar-refractivity contribution in [2.24, 2.45) is 11.8 Å². The first-order valence-electron chi connectivity index (χ1n) is 8.74. The van der Waals surface area contributed by atoms with Gasteiger partial charge in [0.2, 0.25) is 0 Å². The summed E-state index contributed by atoms with van der Waals surface area (Å²) in [7, 11) is 0. The second-order valence-electron chi connectivity index (χ2n) is 7.41. The van der Waals surface area contributed by atoms with Crippen molar-refractivity contribution in [2.75, 3.05) is 19.6 Å². The second kappa shape index (κ2) is 6.93. The van der Waals surface area contributed by atoms with E-state index in [4.69, 9.17) is 0 Å². The van der Waals surface area contributed by atoms with Gasteiger partial charge in [-0.25, -0.2) is 0 Å². The van der Waals surface area contributed by atoms with Crippen LogP contribution in [0, 0.1) is 11.8 Å². The molecule has 3 rings (SSSR count). The maximum absolute atomic E-state index is 3.80. The van der Waals surface area contributed by atoms with Gasteiger partial charge in [0, 0.05) is 31.7 Å². The van der Waals surface area contributed by atoms with Gasteiger partial charge in [-0.05, 0) is 36.7 Å². The lowest BCUT2D eigenvalue weighted by Crippen LogP contribution is -2.54. The molecular formula is C19H30N2. The molecule has 2 unspecified atom stereocenters. The molecule has 2 nitrogen and oxygen atoms in total. The lowest BCUT2D eigenvalue weighted by atomic mass is 9.84. The number of benzene rings is 1. The van der Waals surface area contributed by atoms with Crippen LogP contribution in [-0.2, 0) is 0 Å². The molecule has 116 valence electrons. The summed E-state index contributed by atoms with van der Waals surface area (Å²) >= 11 is 0. The van der Waals surface area contributed by atoms with E-state index in [9.17, 15) is 0 Å². The Balaban J connectivity index is 1.69. The van der Waals surface area contributed by atoms with Crippen LogP contribution in [0.15, 0.2) is 30.3 Å². The van der Waals surface area contributed by atoms with Crippen molar-refractivity contribution in [3.63, 3.8) is 0 Å². The van der Waals surface area contributed by atoms with E-state index >= 15 is 0 Å². The molecule has 1 aromatic rings. The Hall–Kier alpha value is -0.860. The summed E-state index contributed by atoms with van der Waals surface area (Å²) in [6.07, 6.45) is 5.63. The Morgan fingerprint density at radius 1 is 1.19 bits per heavy atom. The number of nitrogens with zero attached hydrogens (tertiary/aromatic N) is 1. The average Bonchev–Trinajstić information content (AvgIpc) is 2.43. The fourth-order valence-electron chi connectivity index (χ4n) is 3.82. The topological polar surface area (TPSA) is 15.3 Å². The van der Waals surface area contributed by atoms with E-state index in [0.29, 0.717) is 12.1 Å². The van der Waals surface area contributed by atoms with E-state index in [1.807, 2.05) is 0 Å². The first kappa shape index (κ1) is 15.1. The Morgan fingerprint density at radius 2 is 1.95 bits per heavy atom. The van der Waals surface area contributed by atoms with Crippen molar-refractivity contribution in [1.29, 1.82) is 0 Å². The van der Waals surface area contributed by atoms with Crippen LogP contribution in [0.2, 0.25) is 0 Å². The SMILES string of the molecule is CC(C)CC1CN(CC2CCC2)C(c2ccccc2)CN1. The van der Waals surface area contributed by atoms with E-state index in [2.05, 4.69) is 54.4 Å². The maximum atomic E-state index is 3.80. The monoisotopic (exact) mass is 286 g/mol. The highest BCUT2D eigenvalue weighted by Crippen LogP contribution is 2.32. The Morgan fingerprint density at radius 3 is 2.57 bits per heavy atom. The average molecular weight is 286 g/mol. The fourth-order valence-corrected chi connectivity index (χ4v) is 3.82. The number of hydrogen-bond acceptors (Lipinski definition) is 2. The molecule has 2 fully saturated rings. The predicted molar refractivity (Wildman–Crippen MR) is 89.3 cm³/mol. The highest BCUT2D eigenvalue weighted by atomic mass is 15.2. The number of hydrogen-bond donors (Lipinski definition) is 1. The molecule has 0 aromatic heterocycles. The van der Waals surface area contributed by atoms with E-state index in [0.717, 1.165) is 18.4 Å². The van der Waals surface area contributed by atoms with Gasteiger partial charge in [0.05, 0.1) is 0 Å². The van der Waals surface area contributed by atoms with Crippen molar-refractivity contribution >= 4 is 0 Å². The number of nitrogens with one attached hydrogen (secondary N) is 1. The molecule has 1 saturated carbocycles. The first-order valence-corrected chi connectivity index (χ1v) is 8.74. The minimum atomic E-state index is 0.565. The molecule has 2 heteroatoms. The van der Waals surface area contributed by atoms with Crippen molar-refractivity contribution < 1.29 is 0 Å². The van der Waals surface area contributed by atoms with E-state index in [-0.39, 0.29) is 0 Å². The highest BCUT2D eigenvalue weighted by Gasteiger charge is 2.31. The van der Waals surface area contributed by atoms with Gasteiger partial charge in [0.25, 0.3) is 0 Å². The van der Waals surface area contributed by atoms with Crippen molar-refractivity contribution in [3.8, 4) is 0 Å². The molecule has 0 spiro atoms. The van der Waals surface area contributed by atoms with Crippen molar-refractivity contribution in [3.05, 3.63) is 35.9 Å². The van der Waals surface area contributed by atoms with Crippen LogP contribution in [0.5, 0.6) is 0 Å². The molecule has 2 atom stereocenters. The molecule has 1 aromatic carbocycles. The van der Waals surface area contributed by atoms with Crippen LogP contribution in [0.4, 0.5) is 0 Å². The molecule has 0 amide bonds. The zero-order chi connectivity index (χ0) is 14.7. The van der Waals surface area contributed by atoms with Crippen LogP contribution in [0.1, 0.15) is 51.1 Å². The standard InChI is InChI=1S/C19H30N2/c1-15(2)11-18-14-21(13-16-7-6-8-16)19(12-20-18)17-9-4-3-5-10-17/h3-5,9-10,15-16,18-20H,6-8,11-14H2,1-2H3. The van der Waals surface area contributed by atoms with E-state index in [1.165, 1.54) is 44.3 Å². The molecular weight excluding hydrogens is 256 g/mol. The first-order chi connectivity index (χ1) is 10.2. The van der Waals surface area contributed by atoms with E-state index < -0.39 is 0 Å². The minimum absolute atomic E-state index is 0.565. The molecule has 1 aliphatic carbocycles.